The number of ether oxygens (including phenoxy) is 2. The highest BCUT2D eigenvalue weighted by molar-refractivity contribution is 5.79. The van der Waals surface area contributed by atoms with Crippen molar-refractivity contribution in [1.82, 2.24) is 15.4 Å². The molecule has 1 aromatic heterocycles. The molecule has 1 aliphatic carbocycles. The summed E-state index contributed by atoms with van der Waals surface area (Å²) in [4.78, 5) is 13.6. The zero-order valence-electron chi connectivity index (χ0n) is 17.6. The molecule has 2 N–H and O–H groups in total. The molecule has 1 fully saturated rings. The van der Waals surface area contributed by atoms with Gasteiger partial charge in [-0.1, -0.05) is 18.2 Å². The second-order valence-electron chi connectivity index (χ2n) is 7.64. The number of halogens is 3. The number of aromatic nitrogens is 2. The number of rotatable bonds is 9. The van der Waals surface area contributed by atoms with Crippen LogP contribution in [0.15, 0.2) is 30.5 Å². The molecule has 0 atom stereocenters. The molecule has 0 saturated heterocycles. The fourth-order valence-electron chi connectivity index (χ4n) is 3.48. The summed E-state index contributed by atoms with van der Waals surface area (Å²) in [6.45, 7) is -0.497. The van der Waals surface area contributed by atoms with Gasteiger partial charge in [-0.25, -0.2) is 4.98 Å². The number of alkyl halides is 3. The van der Waals surface area contributed by atoms with E-state index in [0.717, 1.165) is 24.1 Å². The van der Waals surface area contributed by atoms with Crippen LogP contribution in [0, 0.1) is 11.5 Å². The van der Waals surface area contributed by atoms with Crippen LogP contribution in [0.1, 0.15) is 42.1 Å². The van der Waals surface area contributed by atoms with E-state index >= 15 is 0 Å². The van der Waals surface area contributed by atoms with Gasteiger partial charge in [0.25, 0.3) is 0 Å². The smallest absolute Gasteiger partial charge is 0.422 e. The van der Waals surface area contributed by atoms with Crippen molar-refractivity contribution in [2.75, 3.05) is 25.1 Å². The zero-order valence-corrected chi connectivity index (χ0v) is 17.6. The van der Waals surface area contributed by atoms with Crippen molar-refractivity contribution < 1.29 is 27.5 Å². The largest absolute Gasteiger partial charge is 0.481 e. The normalized spacial score (nSPS) is 16.0. The number of nitrogens with zero attached hydrogens (tertiary/aromatic N) is 3. The summed E-state index contributed by atoms with van der Waals surface area (Å²) >= 11 is 0. The van der Waals surface area contributed by atoms with Crippen LogP contribution in [-0.2, 0) is 16.1 Å². The molecule has 1 saturated carbocycles. The van der Waals surface area contributed by atoms with E-state index in [-0.39, 0.29) is 12.3 Å². The van der Waals surface area contributed by atoms with E-state index in [9.17, 15) is 13.2 Å². The molecular formula is C22H22F3N5O3. The monoisotopic (exact) mass is 461 g/mol. The number of nitrogens with one attached hydrogen (secondary N) is 2. The van der Waals surface area contributed by atoms with E-state index in [0.29, 0.717) is 48.3 Å². The second kappa shape index (κ2) is 10.1. The highest BCUT2D eigenvalue weighted by Crippen LogP contribution is 2.40. The minimum absolute atomic E-state index is 0.0724. The summed E-state index contributed by atoms with van der Waals surface area (Å²) in [5.41, 5.74) is 5.49. The Morgan fingerprint density at radius 2 is 2.12 bits per heavy atom. The lowest BCUT2D eigenvalue weighted by Crippen LogP contribution is -2.20. The predicted octanol–water partition coefficient (Wildman–Crippen LogP) is 4.34. The Balaban J connectivity index is 1.68. The second-order valence-corrected chi connectivity index (χ2v) is 7.64. The SMILES string of the molecule is N#CONCc1nc(C2CC2)cnc1Nc1cccc(C2=CCOCC2)c1OCC(F)(F)F. The van der Waals surface area contributed by atoms with Gasteiger partial charge < -0.3 is 19.6 Å². The van der Waals surface area contributed by atoms with Gasteiger partial charge in [0.15, 0.2) is 18.2 Å². The molecule has 1 aliphatic heterocycles. The van der Waals surface area contributed by atoms with Crippen LogP contribution in [-0.4, -0.2) is 36.0 Å². The fourth-order valence-corrected chi connectivity index (χ4v) is 3.48. The standard InChI is InChI=1S/C22H22F3N5O3/c23-22(24,25)12-32-20-16(14-6-8-31-9-7-14)2-1-3-17(20)30-21-19(11-28-33-13-26)29-18(10-27-21)15-4-5-15/h1-3,6,10,15,28H,4-5,7-9,11-12H2,(H,27,30). The number of hydrogen-bond acceptors (Lipinski definition) is 8. The zero-order chi connectivity index (χ0) is 23.3. The first-order valence-electron chi connectivity index (χ1n) is 10.4. The first kappa shape index (κ1) is 22.8. The van der Waals surface area contributed by atoms with Gasteiger partial charge in [0, 0.05) is 11.5 Å². The lowest BCUT2D eigenvalue weighted by Gasteiger charge is -2.21. The Bertz CT molecular complexity index is 1060. The van der Waals surface area contributed by atoms with Crippen LogP contribution in [0.25, 0.3) is 5.57 Å². The van der Waals surface area contributed by atoms with Crippen molar-refractivity contribution >= 4 is 17.1 Å². The van der Waals surface area contributed by atoms with Crippen LogP contribution in [0.4, 0.5) is 24.7 Å². The van der Waals surface area contributed by atoms with Gasteiger partial charge in [0.05, 0.1) is 37.3 Å². The Morgan fingerprint density at radius 3 is 2.82 bits per heavy atom. The third kappa shape index (κ3) is 6.12. The molecule has 0 spiro atoms. The summed E-state index contributed by atoms with van der Waals surface area (Å²) in [5, 5.41) is 11.7. The lowest BCUT2D eigenvalue weighted by molar-refractivity contribution is -0.153. The predicted molar refractivity (Wildman–Crippen MR) is 112 cm³/mol. The summed E-state index contributed by atoms with van der Waals surface area (Å²) < 4.78 is 49.6. The first-order chi connectivity index (χ1) is 15.9. The molecule has 0 radical (unpaired) electrons. The summed E-state index contributed by atoms with van der Waals surface area (Å²) in [5.74, 6) is 0.739. The number of para-hydroxylation sites is 1. The number of hydroxylamine groups is 1. The molecule has 2 aliphatic rings. The molecule has 8 nitrogen and oxygen atoms in total. The van der Waals surface area contributed by atoms with Crippen molar-refractivity contribution in [3.8, 4) is 12.0 Å². The average molecular weight is 461 g/mol. The van der Waals surface area contributed by atoms with Gasteiger partial charge in [-0.15, -0.1) is 10.7 Å². The molecule has 0 amide bonds. The highest BCUT2D eigenvalue weighted by atomic mass is 19.4. The van der Waals surface area contributed by atoms with Crippen LogP contribution in [0.5, 0.6) is 5.75 Å². The lowest BCUT2D eigenvalue weighted by atomic mass is 9.99. The summed E-state index contributed by atoms with van der Waals surface area (Å²) in [6.07, 6.45) is 3.12. The van der Waals surface area contributed by atoms with E-state index in [1.165, 1.54) is 6.26 Å². The molecule has 11 heteroatoms. The molecular weight excluding hydrogens is 439 g/mol. The van der Waals surface area contributed by atoms with Crippen LogP contribution < -0.4 is 15.5 Å². The van der Waals surface area contributed by atoms with E-state index in [1.807, 2.05) is 6.08 Å². The maximum atomic E-state index is 13.0. The van der Waals surface area contributed by atoms with E-state index in [1.54, 1.807) is 24.4 Å². The minimum Gasteiger partial charge on any atom is -0.481 e. The Morgan fingerprint density at radius 1 is 1.27 bits per heavy atom. The van der Waals surface area contributed by atoms with E-state index in [4.69, 9.17) is 14.7 Å². The van der Waals surface area contributed by atoms with Crippen LogP contribution >= 0.6 is 0 Å². The topological polar surface area (TPSA) is 101 Å². The molecule has 1 aromatic carbocycles. The number of hydrogen-bond donors (Lipinski definition) is 2. The maximum absolute atomic E-state index is 13.0. The quantitative estimate of drug-likeness (QED) is 0.323. The fraction of sp³-hybridized carbons (Fsp3) is 0.409. The van der Waals surface area contributed by atoms with Crippen molar-refractivity contribution in [2.24, 2.45) is 0 Å². The van der Waals surface area contributed by atoms with Crippen molar-refractivity contribution in [1.29, 1.82) is 5.26 Å². The van der Waals surface area contributed by atoms with Crippen molar-refractivity contribution in [2.45, 2.75) is 37.9 Å². The Labute approximate surface area is 188 Å². The summed E-state index contributed by atoms with van der Waals surface area (Å²) in [6, 6.07) is 5.07. The van der Waals surface area contributed by atoms with Gasteiger partial charge >= 0.3 is 12.4 Å². The van der Waals surface area contributed by atoms with E-state index in [2.05, 4.69) is 25.6 Å². The van der Waals surface area contributed by atoms with Gasteiger partial charge in [0.1, 0.15) is 5.69 Å². The summed E-state index contributed by atoms with van der Waals surface area (Å²) in [7, 11) is 0. The number of benzene rings is 1. The highest BCUT2D eigenvalue weighted by Gasteiger charge is 2.30. The van der Waals surface area contributed by atoms with Crippen LogP contribution in [0.2, 0.25) is 0 Å². The van der Waals surface area contributed by atoms with Crippen LogP contribution in [0.3, 0.4) is 0 Å². The average Bonchev–Trinajstić information content (AvgIpc) is 3.65. The molecule has 0 bridgehead atoms. The number of anilines is 2. The third-order valence-corrected chi connectivity index (χ3v) is 5.17. The van der Waals surface area contributed by atoms with Crippen molar-refractivity contribution in [3.05, 3.63) is 47.4 Å². The molecule has 2 heterocycles. The van der Waals surface area contributed by atoms with Crippen molar-refractivity contribution in [3.63, 3.8) is 0 Å². The van der Waals surface area contributed by atoms with Gasteiger partial charge in [-0.3, -0.25) is 4.98 Å². The minimum atomic E-state index is -4.50. The molecule has 33 heavy (non-hydrogen) atoms. The van der Waals surface area contributed by atoms with Gasteiger partial charge in [-0.2, -0.15) is 13.2 Å². The number of nitriles is 1. The first-order valence-corrected chi connectivity index (χ1v) is 10.4. The van der Waals surface area contributed by atoms with E-state index < -0.39 is 12.8 Å². The Hall–Kier alpha value is -3.36. The third-order valence-electron chi connectivity index (χ3n) is 5.17. The maximum Gasteiger partial charge on any atom is 0.422 e. The van der Waals surface area contributed by atoms with Gasteiger partial charge in [0.2, 0.25) is 0 Å². The molecule has 0 unspecified atom stereocenters. The Kier molecular flexibility index (Phi) is 6.96. The molecule has 174 valence electrons. The van der Waals surface area contributed by atoms with Gasteiger partial charge in [-0.05, 0) is 30.9 Å². The molecule has 2 aromatic rings. The molecule has 4 rings (SSSR count).